The zero-order valence-corrected chi connectivity index (χ0v) is 12.2. The Balaban J connectivity index is 2.44. The largest absolute Gasteiger partial charge is 0.354 e. The maximum Gasteiger partial charge on any atom is 0.227 e. The molecule has 18 heavy (non-hydrogen) atoms. The van der Waals surface area contributed by atoms with Crippen LogP contribution in [-0.2, 0) is 4.79 Å². The van der Waals surface area contributed by atoms with Crippen molar-refractivity contribution in [1.29, 1.82) is 0 Å². The van der Waals surface area contributed by atoms with Gasteiger partial charge in [-0.05, 0) is 39.4 Å². The zero-order chi connectivity index (χ0) is 13.4. The molecule has 106 valence electrons. The molecule has 2 N–H and O–H groups in total. The summed E-state index contributed by atoms with van der Waals surface area (Å²) in [5.74, 6) is 0.251. The van der Waals surface area contributed by atoms with Crippen molar-refractivity contribution in [2.75, 3.05) is 39.8 Å². The minimum atomic E-state index is -0.155. The number of hydrogen-bond acceptors (Lipinski definition) is 3. The average molecular weight is 255 g/mol. The third-order valence-electron chi connectivity index (χ3n) is 4.00. The van der Waals surface area contributed by atoms with Gasteiger partial charge in [-0.15, -0.1) is 0 Å². The lowest BCUT2D eigenvalue weighted by atomic mass is 9.76. The number of nitrogens with one attached hydrogen (secondary N) is 2. The van der Waals surface area contributed by atoms with Crippen molar-refractivity contribution in [1.82, 2.24) is 15.5 Å². The maximum atomic E-state index is 12.4. The highest BCUT2D eigenvalue weighted by Gasteiger charge is 2.38. The SMILES string of the molecule is CCCC1(C(=O)NCCN(C)CC)CCCNC1. The number of carbonyl (C=O) groups excluding carboxylic acids is 1. The molecule has 1 amide bonds. The topological polar surface area (TPSA) is 44.4 Å². The molecule has 1 aliphatic rings. The van der Waals surface area contributed by atoms with E-state index >= 15 is 0 Å². The first kappa shape index (κ1) is 15.4. The van der Waals surface area contributed by atoms with E-state index < -0.39 is 0 Å². The number of hydrogen-bond donors (Lipinski definition) is 2. The highest BCUT2D eigenvalue weighted by Crippen LogP contribution is 2.31. The van der Waals surface area contributed by atoms with Gasteiger partial charge in [-0.3, -0.25) is 4.79 Å². The van der Waals surface area contributed by atoms with Crippen LogP contribution in [0.3, 0.4) is 0 Å². The molecule has 0 bridgehead atoms. The minimum absolute atomic E-state index is 0.155. The fraction of sp³-hybridized carbons (Fsp3) is 0.929. The Kier molecular flexibility index (Phi) is 6.65. The maximum absolute atomic E-state index is 12.4. The normalized spacial score (nSPS) is 24.2. The van der Waals surface area contributed by atoms with Crippen molar-refractivity contribution in [3.05, 3.63) is 0 Å². The highest BCUT2D eigenvalue weighted by atomic mass is 16.2. The quantitative estimate of drug-likeness (QED) is 0.719. The lowest BCUT2D eigenvalue weighted by molar-refractivity contribution is -0.132. The van der Waals surface area contributed by atoms with Gasteiger partial charge in [0.25, 0.3) is 0 Å². The average Bonchev–Trinajstić information content (AvgIpc) is 2.39. The van der Waals surface area contributed by atoms with Crippen LogP contribution in [0.25, 0.3) is 0 Å². The number of amides is 1. The van der Waals surface area contributed by atoms with Gasteiger partial charge in [0.2, 0.25) is 5.91 Å². The first-order chi connectivity index (χ1) is 8.64. The molecule has 1 aliphatic heterocycles. The molecule has 1 fully saturated rings. The molecule has 0 aliphatic carbocycles. The van der Waals surface area contributed by atoms with E-state index in [1.165, 1.54) is 0 Å². The van der Waals surface area contributed by atoms with Gasteiger partial charge in [0.1, 0.15) is 0 Å². The molecule has 0 spiro atoms. The van der Waals surface area contributed by atoms with E-state index in [2.05, 4.69) is 36.4 Å². The van der Waals surface area contributed by atoms with Crippen LogP contribution in [0.4, 0.5) is 0 Å². The van der Waals surface area contributed by atoms with Crippen LogP contribution in [-0.4, -0.2) is 50.6 Å². The van der Waals surface area contributed by atoms with Crippen LogP contribution < -0.4 is 10.6 Å². The fourth-order valence-corrected chi connectivity index (χ4v) is 2.67. The Morgan fingerprint density at radius 3 is 2.78 bits per heavy atom. The van der Waals surface area contributed by atoms with Crippen LogP contribution in [0.15, 0.2) is 0 Å². The van der Waals surface area contributed by atoms with Crippen molar-refractivity contribution < 1.29 is 4.79 Å². The van der Waals surface area contributed by atoms with E-state index in [9.17, 15) is 4.79 Å². The second-order valence-electron chi connectivity index (χ2n) is 5.46. The summed E-state index contributed by atoms with van der Waals surface area (Å²) in [4.78, 5) is 14.6. The first-order valence-corrected chi connectivity index (χ1v) is 7.32. The molecule has 0 aromatic heterocycles. The molecule has 1 heterocycles. The van der Waals surface area contributed by atoms with Gasteiger partial charge in [-0.2, -0.15) is 0 Å². The second kappa shape index (κ2) is 7.74. The number of likely N-dealkylation sites (N-methyl/N-ethyl adjacent to an activating group) is 1. The smallest absolute Gasteiger partial charge is 0.227 e. The molecule has 0 aromatic carbocycles. The molecule has 0 radical (unpaired) electrons. The Labute approximate surface area is 111 Å². The predicted molar refractivity (Wildman–Crippen MR) is 75.6 cm³/mol. The lowest BCUT2D eigenvalue weighted by Crippen LogP contribution is -2.51. The Hall–Kier alpha value is -0.610. The first-order valence-electron chi connectivity index (χ1n) is 7.32. The summed E-state index contributed by atoms with van der Waals surface area (Å²) in [6.07, 6.45) is 4.21. The third kappa shape index (κ3) is 4.25. The summed E-state index contributed by atoms with van der Waals surface area (Å²) in [6, 6.07) is 0. The van der Waals surface area contributed by atoms with Crippen LogP contribution in [0.2, 0.25) is 0 Å². The molecule has 1 saturated heterocycles. The molecule has 0 aromatic rings. The fourth-order valence-electron chi connectivity index (χ4n) is 2.67. The van der Waals surface area contributed by atoms with Gasteiger partial charge in [-0.25, -0.2) is 0 Å². The van der Waals surface area contributed by atoms with Gasteiger partial charge < -0.3 is 15.5 Å². The molecule has 1 unspecified atom stereocenters. The van der Waals surface area contributed by atoms with E-state index in [0.717, 1.165) is 58.4 Å². The molecule has 4 heteroatoms. The highest BCUT2D eigenvalue weighted by molar-refractivity contribution is 5.83. The van der Waals surface area contributed by atoms with Crippen LogP contribution in [0.1, 0.15) is 39.5 Å². The summed E-state index contributed by atoms with van der Waals surface area (Å²) in [6.45, 7) is 8.90. The Bertz CT molecular complexity index is 244. The monoisotopic (exact) mass is 255 g/mol. The van der Waals surface area contributed by atoms with Crippen LogP contribution >= 0.6 is 0 Å². The van der Waals surface area contributed by atoms with Gasteiger partial charge >= 0.3 is 0 Å². The minimum Gasteiger partial charge on any atom is -0.354 e. The van der Waals surface area contributed by atoms with Crippen molar-refractivity contribution >= 4 is 5.91 Å². The van der Waals surface area contributed by atoms with E-state index in [0.29, 0.717) is 0 Å². The molecule has 1 rings (SSSR count). The number of nitrogens with zero attached hydrogens (tertiary/aromatic N) is 1. The van der Waals surface area contributed by atoms with E-state index in [1.54, 1.807) is 0 Å². The number of rotatable bonds is 7. The predicted octanol–water partition coefficient (Wildman–Crippen LogP) is 1.22. The second-order valence-corrected chi connectivity index (χ2v) is 5.46. The van der Waals surface area contributed by atoms with Crippen molar-refractivity contribution in [2.45, 2.75) is 39.5 Å². The van der Waals surface area contributed by atoms with Crippen LogP contribution in [0, 0.1) is 5.41 Å². The van der Waals surface area contributed by atoms with E-state index in [4.69, 9.17) is 0 Å². The van der Waals surface area contributed by atoms with E-state index in [-0.39, 0.29) is 11.3 Å². The Morgan fingerprint density at radius 2 is 2.22 bits per heavy atom. The molecular weight excluding hydrogens is 226 g/mol. The van der Waals surface area contributed by atoms with E-state index in [1.807, 2.05) is 0 Å². The standard InChI is InChI=1S/C14H29N3O/c1-4-7-14(8-6-9-15-12-14)13(18)16-10-11-17(3)5-2/h15H,4-12H2,1-3H3,(H,16,18). The van der Waals surface area contributed by atoms with Gasteiger partial charge in [0.05, 0.1) is 5.41 Å². The van der Waals surface area contributed by atoms with Crippen molar-refractivity contribution in [2.24, 2.45) is 5.41 Å². The third-order valence-corrected chi connectivity index (χ3v) is 4.00. The van der Waals surface area contributed by atoms with Crippen molar-refractivity contribution in [3.8, 4) is 0 Å². The summed E-state index contributed by atoms with van der Waals surface area (Å²) in [5, 5.41) is 6.50. The summed E-state index contributed by atoms with van der Waals surface area (Å²) >= 11 is 0. The number of carbonyl (C=O) groups is 1. The van der Waals surface area contributed by atoms with Gasteiger partial charge in [0.15, 0.2) is 0 Å². The molecular formula is C14H29N3O. The summed E-state index contributed by atoms with van der Waals surface area (Å²) in [7, 11) is 2.08. The summed E-state index contributed by atoms with van der Waals surface area (Å²) in [5.41, 5.74) is -0.155. The molecule has 1 atom stereocenters. The van der Waals surface area contributed by atoms with Crippen LogP contribution in [0.5, 0.6) is 0 Å². The molecule has 4 nitrogen and oxygen atoms in total. The van der Waals surface area contributed by atoms with Gasteiger partial charge in [0, 0.05) is 19.6 Å². The lowest BCUT2D eigenvalue weighted by Gasteiger charge is -2.36. The van der Waals surface area contributed by atoms with Crippen molar-refractivity contribution in [3.63, 3.8) is 0 Å². The number of piperidine rings is 1. The van der Waals surface area contributed by atoms with Gasteiger partial charge in [-0.1, -0.05) is 20.3 Å². The zero-order valence-electron chi connectivity index (χ0n) is 12.2. The molecule has 0 saturated carbocycles. The Morgan fingerprint density at radius 1 is 1.44 bits per heavy atom. The summed E-state index contributed by atoms with van der Waals surface area (Å²) < 4.78 is 0.